The van der Waals surface area contributed by atoms with Gasteiger partial charge >= 0.3 is 5.97 Å². The fourth-order valence-corrected chi connectivity index (χ4v) is 3.75. The highest BCUT2D eigenvalue weighted by Gasteiger charge is 2.44. The Labute approximate surface area is 141 Å². The van der Waals surface area contributed by atoms with E-state index in [0.29, 0.717) is 17.9 Å². The Morgan fingerprint density at radius 1 is 1.45 bits per heavy atom. The van der Waals surface area contributed by atoms with Gasteiger partial charge in [-0.1, -0.05) is 41.5 Å². The topological polar surface area (TPSA) is 55.8 Å². The van der Waals surface area contributed by atoms with Gasteiger partial charge < -0.3 is 14.6 Å². The maximum Gasteiger partial charge on any atom is 0.344 e. The van der Waals surface area contributed by atoms with E-state index in [1.807, 2.05) is 19.6 Å². The molecule has 1 aromatic rings. The third-order valence-corrected chi connectivity index (χ3v) is 6.35. The number of terminal acetylenes is 1. The number of benzene rings is 1. The van der Waals surface area contributed by atoms with E-state index in [9.17, 15) is 9.90 Å². The number of halogens is 1. The zero-order valence-corrected chi connectivity index (χ0v) is 15.9. The molecule has 0 aliphatic rings. The molecule has 0 aliphatic carbocycles. The van der Waals surface area contributed by atoms with Gasteiger partial charge in [0.25, 0.3) is 0 Å². The van der Waals surface area contributed by atoms with Crippen molar-refractivity contribution in [2.45, 2.75) is 31.8 Å². The van der Waals surface area contributed by atoms with Crippen molar-refractivity contribution in [1.82, 2.24) is 0 Å². The molecule has 1 atom stereocenters. The Morgan fingerprint density at radius 3 is 2.59 bits per heavy atom. The second kappa shape index (κ2) is 7.31. The molecule has 0 heterocycles. The summed E-state index contributed by atoms with van der Waals surface area (Å²) in [6.07, 6.45) is 5.62. The SMILES string of the molecule is C#CC(O)(c1cc(Br)ccc1OCC(=O)OCC)[Si](C)(C)C. The fourth-order valence-electron chi connectivity index (χ4n) is 1.95. The zero-order valence-electron chi connectivity index (χ0n) is 13.3. The van der Waals surface area contributed by atoms with Gasteiger partial charge in [0, 0.05) is 10.0 Å². The van der Waals surface area contributed by atoms with Crippen LogP contribution in [0.2, 0.25) is 19.6 Å². The van der Waals surface area contributed by atoms with Crippen molar-refractivity contribution in [2.75, 3.05) is 13.2 Å². The minimum atomic E-state index is -2.17. The smallest absolute Gasteiger partial charge is 0.344 e. The first-order valence-corrected chi connectivity index (χ1v) is 11.2. The number of carbonyl (C=O) groups is 1. The van der Waals surface area contributed by atoms with Crippen molar-refractivity contribution >= 4 is 30.0 Å². The van der Waals surface area contributed by atoms with Crippen molar-refractivity contribution in [1.29, 1.82) is 0 Å². The number of hydrogen-bond donors (Lipinski definition) is 1. The summed E-state index contributed by atoms with van der Waals surface area (Å²) in [6, 6.07) is 5.19. The molecule has 1 unspecified atom stereocenters. The monoisotopic (exact) mass is 384 g/mol. The van der Waals surface area contributed by atoms with E-state index >= 15 is 0 Å². The third kappa shape index (κ3) is 4.13. The van der Waals surface area contributed by atoms with Crippen LogP contribution in [0.5, 0.6) is 5.75 Å². The van der Waals surface area contributed by atoms with Crippen LogP contribution in [-0.2, 0) is 14.8 Å². The van der Waals surface area contributed by atoms with Crippen LogP contribution in [0, 0.1) is 12.3 Å². The van der Waals surface area contributed by atoms with E-state index < -0.39 is 19.3 Å². The van der Waals surface area contributed by atoms with Crippen LogP contribution < -0.4 is 4.74 Å². The molecule has 0 saturated carbocycles. The van der Waals surface area contributed by atoms with Crippen molar-refractivity contribution in [2.24, 2.45) is 0 Å². The minimum Gasteiger partial charge on any atom is -0.481 e. The Balaban J connectivity index is 3.22. The first-order chi connectivity index (χ1) is 10.2. The summed E-state index contributed by atoms with van der Waals surface area (Å²) < 4.78 is 11.1. The van der Waals surface area contributed by atoms with Crippen LogP contribution in [0.25, 0.3) is 0 Å². The van der Waals surface area contributed by atoms with Crippen molar-refractivity contribution < 1.29 is 19.4 Å². The largest absolute Gasteiger partial charge is 0.481 e. The fraction of sp³-hybridized carbons (Fsp3) is 0.438. The number of rotatable bonds is 6. The molecule has 1 aromatic carbocycles. The number of carbonyl (C=O) groups excluding carboxylic acids is 1. The second-order valence-corrected chi connectivity index (χ2v) is 12.0. The van der Waals surface area contributed by atoms with Gasteiger partial charge in [-0.3, -0.25) is 0 Å². The first-order valence-electron chi connectivity index (χ1n) is 6.94. The van der Waals surface area contributed by atoms with Gasteiger partial charge in [0.1, 0.15) is 19.0 Å². The summed E-state index contributed by atoms with van der Waals surface area (Å²) in [5, 5.41) is 9.61. The van der Waals surface area contributed by atoms with Gasteiger partial charge in [-0.25, -0.2) is 4.79 Å². The summed E-state index contributed by atoms with van der Waals surface area (Å²) in [6.45, 7) is 7.72. The van der Waals surface area contributed by atoms with Gasteiger partial charge in [-0.2, -0.15) is 0 Å². The van der Waals surface area contributed by atoms with Crippen LogP contribution >= 0.6 is 15.9 Å². The average molecular weight is 385 g/mol. The number of esters is 1. The predicted octanol–water partition coefficient (Wildman–Crippen LogP) is 3.09. The van der Waals surface area contributed by atoms with E-state index in [0.717, 1.165) is 4.47 Å². The highest BCUT2D eigenvalue weighted by molar-refractivity contribution is 9.10. The highest BCUT2D eigenvalue weighted by Crippen LogP contribution is 2.38. The Bertz CT molecular complexity index is 589. The Morgan fingerprint density at radius 2 is 2.09 bits per heavy atom. The van der Waals surface area contributed by atoms with Gasteiger partial charge in [0.2, 0.25) is 0 Å². The van der Waals surface area contributed by atoms with Crippen molar-refractivity contribution in [3.8, 4) is 18.1 Å². The standard InChI is InChI=1S/C16H21BrO4Si/c1-6-16(19,22(3,4)5)13-10-12(17)8-9-14(13)21-11-15(18)20-7-2/h1,8-10,19H,7,11H2,2-5H3. The summed E-state index contributed by atoms with van der Waals surface area (Å²) in [4.78, 5) is 11.5. The van der Waals surface area contributed by atoms with Crippen LogP contribution in [0.15, 0.2) is 22.7 Å². The first kappa shape index (κ1) is 18.8. The lowest BCUT2D eigenvalue weighted by Crippen LogP contribution is -2.48. The molecule has 0 saturated heterocycles. The lowest BCUT2D eigenvalue weighted by molar-refractivity contribution is -0.145. The van der Waals surface area contributed by atoms with E-state index in [-0.39, 0.29) is 6.61 Å². The lowest BCUT2D eigenvalue weighted by atomic mass is 10.1. The van der Waals surface area contributed by atoms with Gasteiger partial charge in [0.15, 0.2) is 6.61 Å². The molecule has 4 nitrogen and oxygen atoms in total. The molecule has 0 radical (unpaired) electrons. The Hall–Kier alpha value is -1.29. The normalized spacial score (nSPS) is 13.9. The summed E-state index contributed by atoms with van der Waals surface area (Å²) >= 11 is 3.38. The number of aliphatic hydroxyl groups is 1. The van der Waals surface area contributed by atoms with Crippen LogP contribution in [0.1, 0.15) is 12.5 Å². The second-order valence-electron chi connectivity index (χ2n) is 5.84. The molecule has 6 heteroatoms. The number of ether oxygens (including phenoxy) is 2. The molecule has 0 spiro atoms. The Kier molecular flexibility index (Phi) is 6.24. The van der Waals surface area contributed by atoms with Gasteiger partial charge in [-0.05, 0) is 25.1 Å². The van der Waals surface area contributed by atoms with E-state index in [2.05, 4.69) is 21.9 Å². The predicted molar refractivity (Wildman–Crippen MR) is 92.3 cm³/mol. The number of hydrogen-bond acceptors (Lipinski definition) is 4. The zero-order chi connectivity index (χ0) is 17.0. The van der Waals surface area contributed by atoms with Crippen LogP contribution in [-0.4, -0.2) is 32.4 Å². The molecule has 0 aliphatic heterocycles. The molecule has 0 amide bonds. The molecule has 120 valence electrons. The van der Waals surface area contributed by atoms with Crippen LogP contribution in [0.3, 0.4) is 0 Å². The van der Waals surface area contributed by atoms with Gasteiger partial charge in [-0.15, -0.1) is 6.42 Å². The maximum atomic E-state index is 11.5. The van der Waals surface area contributed by atoms with Crippen molar-refractivity contribution in [3.63, 3.8) is 0 Å². The van der Waals surface area contributed by atoms with E-state index in [1.54, 1.807) is 25.1 Å². The molecule has 0 bridgehead atoms. The molecule has 0 fully saturated rings. The average Bonchev–Trinajstić information content (AvgIpc) is 2.44. The molecular weight excluding hydrogens is 364 g/mol. The van der Waals surface area contributed by atoms with Gasteiger partial charge in [0.05, 0.1) is 6.61 Å². The quantitative estimate of drug-likeness (QED) is 0.465. The van der Waals surface area contributed by atoms with E-state index in [4.69, 9.17) is 15.9 Å². The summed E-state index contributed by atoms with van der Waals surface area (Å²) in [5.74, 6) is 2.44. The van der Waals surface area contributed by atoms with Crippen molar-refractivity contribution in [3.05, 3.63) is 28.2 Å². The van der Waals surface area contributed by atoms with Crippen LogP contribution in [0.4, 0.5) is 0 Å². The molecule has 1 N–H and O–H groups in total. The molecule has 1 rings (SSSR count). The minimum absolute atomic E-state index is 0.227. The lowest BCUT2D eigenvalue weighted by Gasteiger charge is -2.35. The molecule has 0 aromatic heterocycles. The third-order valence-electron chi connectivity index (χ3n) is 3.28. The summed E-state index contributed by atoms with van der Waals surface area (Å²) in [5.41, 5.74) is 0.493. The van der Waals surface area contributed by atoms with E-state index in [1.165, 1.54) is 0 Å². The highest BCUT2D eigenvalue weighted by atomic mass is 79.9. The summed E-state index contributed by atoms with van der Waals surface area (Å²) in [7, 11) is -2.17. The maximum absolute atomic E-state index is 11.5. The molecular formula is C16H21BrO4Si. The molecule has 22 heavy (non-hydrogen) atoms.